The average Bonchev–Trinajstić information content (AvgIpc) is 2.58. The van der Waals surface area contributed by atoms with Crippen LogP contribution in [0.1, 0.15) is 20.3 Å². The maximum Gasteiger partial charge on any atom is 0.354 e. The zero-order valence-corrected chi connectivity index (χ0v) is 14.2. The molecular weight excluding hydrogens is 353 g/mol. The Bertz CT molecular complexity index is 766. The molecular formula is C17H15ClFNO5. The van der Waals surface area contributed by atoms with Gasteiger partial charge in [-0.05, 0) is 37.3 Å². The van der Waals surface area contributed by atoms with Gasteiger partial charge in [-0.15, -0.1) is 0 Å². The molecule has 0 fully saturated rings. The fourth-order valence-corrected chi connectivity index (χ4v) is 1.84. The quantitative estimate of drug-likeness (QED) is 0.569. The first-order valence-corrected chi connectivity index (χ1v) is 7.77. The number of aromatic nitrogens is 1. The highest BCUT2D eigenvalue weighted by Crippen LogP contribution is 2.26. The summed E-state index contributed by atoms with van der Waals surface area (Å²) in [5.41, 5.74) is 0. The van der Waals surface area contributed by atoms with Crippen LogP contribution in [0.25, 0.3) is 0 Å². The number of ether oxygens (including phenoxy) is 3. The molecule has 0 aliphatic rings. The summed E-state index contributed by atoms with van der Waals surface area (Å²) >= 11 is 5.62. The molecule has 1 aromatic heterocycles. The minimum absolute atomic E-state index is 0.0970. The van der Waals surface area contributed by atoms with Gasteiger partial charge in [0.15, 0.2) is 11.9 Å². The first-order valence-electron chi connectivity index (χ1n) is 7.39. The highest BCUT2D eigenvalue weighted by molar-refractivity contribution is 6.30. The van der Waals surface area contributed by atoms with Crippen LogP contribution in [-0.2, 0) is 14.3 Å². The van der Waals surface area contributed by atoms with Gasteiger partial charge < -0.3 is 14.2 Å². The Kier molecular flexibility index (Phi) is 6.30. The highest BCUT2D eigenvalue weighted by Gasteiger charge is 2.19. The van der Waals surface area contributed by atoms with Crippen LogP contribution in [0.2, 0.25) is 5.02 Å². The third-order valence-corrected chi connectivity index (χ3v) is 3.17. The molecule has 0 amide bonds. The van der Waals surface area contributed by atoms with Gasteiger partial charge in [0.05, 0.1) is 5.02 Å². The van der Waals surface area contributed by atoms with Gasteiger partial charge >= 0.3 is 11.9 Å². The van der Waals surface area contributed by atoms with Crippen LogP contribution in [-0.4, -0.2) is 23.0 Å². The van der Waals surface area contributed by atoms with E-state index in [0.29, 0.717) is 11.5 Å². The van der Waals surface area contributed by atoms with E-state index in [9.17, 15) is 14.0 Å². The van der Waals surface area contributed by atoms with E-state index in [1.54, 1.807) is 6.92 Å². The van der Waals surface area contributed by atoms with Gasteiger partial charge in [-0.25, -0.2) is 14.2 Å². The summed E-state index contributed by atoms with van der Waals surface area (Å²) in [5.74, 6) is -1.64. The van der Waals surface area contributed by atoms with Gasteiger partial charge in [0.2, 0.25) is 0 Å². The van der Waals surface area contributed by atoms with E-state index >= 15 is 0 Å². The minimum Gasteiger partial charge on any atom is -0.479 e. The van der Waals surface area contributed by atoms with Crippen molar-refractivity contribution in [2.45, 2.75) is 26.4 Å². The molecule has 0 aliphatic heterocycles. The van der Waals surface area contributed by atoms with Gasteiger partial charge in [-0.2, -0.15) is 0 Å². The van der Waals surface area contributed by atoms with Crippen LogP contribution in [0.5, 0.6) is 17.4 Å². The average molecular weight is 368 g/mol. The van der Waals surface area contributed by atoms with Crippen LogP contribution < -0.4 is 9.47 Å². The van der Waals surface area contributed by atoms with E-state index in [1.807, 2.05) is 0 Å². The molecule has 6 nitrogen and oxygen atoms in total. The molecule has 2 rings (SSSR count). The van der Waals surface area contributed by atoms with Crippen molar-refractivity contribution >= 4 is 23.5 Å². The molecule has 1 aromatic carbocycles. The zero-order chi connectivity index (χ0) is 18.4. The lowest BCUT2D eigenvalue weighted by Gasteiger charge is -2.13. The Morgan fingerprint density at radius 3 is 2.48 bits per heavy atom. The Morgan fingerprint density at radius 1 is 1.24 bits per heavy atom. The Balaban J connectivity index is 1.97. The maximum absolute atomic E-state index is 13.6. The third kappa shape index (κ3) is 5.42. The van der Waals surface area contributed by atoms with Crippen molar-refractivity contribution in [2.75, 3.05) is 0 Å². The van der Waals surface area contributed by atoms with E-state index in [2.05, 4.69) is 9.72 Å². The Labute approximate surface area is 148 Å². The van der Waals surface area contributed by atoms with Crippen LogP contribution in [0.15, 0.2) is 36.5 Å². The molecule has 0 N–H and O–H groups in total. The number of pyridine rings is 1. The molecule has 1 atom stereocenters. The van der Waals surface area contributed by atoms with Crippen molar-refractivity contribution in [1.29, 1.82) is 0 Å². The molecule has 132 valence electrons. The van der Waals surface area contributed by atoms with Crippen molar-refractivity contribution in [3.63, 3.8) is 0 Å². The number of nitrogens with zero attached hydrogens (tertiary/aromatic N) is 1. The summed E-state index contributed by atoms with van der Waals surface area (Å²) in [6, 6.07) is 7.16. The molecule has 0 bridgehead atoms. The van der Waals surface area contributed by atoms with Crippen molar-refractivity contribution in [1.82, 2.24) is 4.98 Å². The highest BCUT2D eigenvalue weighted by atomic mass is 35.5. The van der Waals surface area contributed by atoms with Crippen molar-refractivity contribution < 1.29 is 28.2 Å². The van der Waals surface area contributed by atoms with Gasteiger partial charge in [-0.3, -0.25) is 4.79 Å². The van der Waals surface area contributed by atoms with Gasteiger partial charge in [-0.1, -0.05) is 18.5 Å². The molecule has 0 saturated carbocycles. The monoisotopic (exact) mass is 367 g/mol. The fraction of sp³-hybridized carbons (Fsp3) is 0.235. The van der Waals surface area contributed by atoms with Gasteiger partial charge in [0.25, 0.3) is 5.88 Å². The van der Waals surface area contributed by atoms with E-state index in [1.165, 1.54) is 37.4 Å². The second-order valence-corrected chi connectivity index (χ2v) is 5.36. The summed E-state index contributed by atoms with van der Waals surface area (Å²) in [6.07, 6.45) is 0.403. The van der Waals surface area contributed by atoms with E-state index in [-0.39, 0.29) is 17.3 Å². The first-order chi connectivity index (χ1) is 11.9. The summed E-state index contributed by atoms with van der Waals surface area (Å²) in [6.45, 7) is 3.04. The summed E-state index contributed by atoms with van der Waals surface area (Å²) in [4.78, 5) is 26.5. The molecule has 0 radical (unpaired) electrons. The number of hydrogen-bond acceptors (Lipinski definition) is 6. The molecule has 2 aromatic rings. The predicted molar refractivity (Wildman–Crippen MR) is 87.2 cm³/mol. The summed E-state index contributed by atoms with van der Waals surface area (Å²) in [7, 11) is 0. The summed E-state index contributed by atoms with van der Waals surface area (Å²) < 4.78 is 28.9. The predicted octanol–water partition coefficient (Wildman–Crippen LogP) is 3.91. The van der Waals surface area contributed by atoms with E-state index < -0.39 is 23.9 Å². The zero-order valence-electron chi connectivity index (χ0n) is 13.5. The molecule has 0 spiro atoms. The number of rotatable bonds is 6. The molecule has 8 heteroatoms. The van der Waals surface area contributed by atoms with Crippen molar-refractivity contribution in [2.24, 2.45) is 0 Å². The number of esters is 2. The first kappa shape index (κ1) is 18.7. The normalized spacial score (nSPS) is 11.5. The molecule has 1 unspecified atom stereocenters. The number of hydrogen-bond donors (Lipinski definition) is 0. The minimum atomic E-state index is -0.961. The number of carbonyl (C=O) groups excluding carboxylic acids is 2. The lowest BCUT2D eigenvalue weighted by Crippen LogP contribution is -2.28. The van der Waals surface area contributed by atoms with Crippen LogP contribution in [0.3, 0.4) is 0 Å². The maximum atomic E-state index is 13.6. The Hall–Kier alpha value is -2.67. The van der Waals surface area contributed by atoms with Gasteiger partial charge in [0, 0.05) is 12.6 Å². The topological polar surface area (TPSA) is 74.7 Å². The lowest BCUT2D eigenvalue weighted by molar-refractivity contribution is -0.164. The SMILES string of the molecule is CCC(=O)OC(=O)C(C)Oc1ccc(Oc2ncc(Cl)cc2F)cc1. The number of carbonyl (C=O) groups is 2. The number of halogens is 2. The van der Waals surface area contributed by atoms with E-state index in [4.69, 9.17) is 21.1 Å². The van der Waals surface area contributed by atoms with Crippen molar-refractivity contribution in [3.05, 3.63) is 47.4 Å². The van der Waals surface area contributed by atoms with Crippen LogP contribution in [0.4, 0.5) is 4.39 Å². The molecule has 25 heavy (non-hydrogen) atoms. The van der Waals surface area contributed by atoms with E-state index in [0.717, 1.165) is 6.07 Å². The summed E-state index contributed by atoms with van der Waals surface area (Å²) in [5, 5.41) is 0.163. The number of benzene rings is 1. The van der Waals surface area contributed by atoms with Crippen LogP contribution >= 0.6 is 11.6 Å². The Morgan fingerprint density at radius 2 is 1.88 bits per heavy atom. The van der Waals surface area contributed by atoms with Crippen molar-refractivity contribution in [3.8, 4) is 17.4 Å². The fourth-order valence-electron chi connectivity index (χ4n) is 1.69. The second kappa shape index (κ2) is 8.43. The standard InChI is InChI=1S/C17H15ClFNO5/c1-3-15(21)25-17(22)10(2)23-12-4-6-13(7-5-12)24-16-14(19)8-11(18)9-20-16/h4-10H,3H2,1-2H3. The second-order valence-electron chi connectivity index (χ2n) is 4.92. The molecule has 0 aliphatic carbocycles. The smallest absolute Gasteiger partial charge is 0.354 e. The molecule has 0 saturated heterocycles. The van der Waals surface area contributed by atoms with Gasteiger partial charge in [0.1, 0.15) is 11.5 Å². The van der Waals surface area contributed by atoms with Crippen LogP contribution in [0, 0.1) is 5.82 Å². The largest absolute Gasteiger partial charge is 0.479 e. The lowest BCUT2D eigenvalue weighted by atomic mass is 10.3. The molecule has 1 heterocycles. The third-order valence-electron chi connectivity index (χ3n) is 2.96.